The lowest BCUT2D eigenvalue weighted by atomic mass is 10.0. The smallest absolute Gasteiger partial charge is 0.243 e. The monoisotopic (exact) mass is 368 g/mol. The zero-order chi connectivity index (χ0) is 19.4. The fourth-order valence-electron chi connectivity index (χ4n) is 2.51. The lowest BCUT2D eigenvalue weighted by Crippen LogP contribution is -2.43. The van der Waals surface area contributed by atoms with Gasteiger partial charge < -0.3 is 4.90 Å². The van der Waals surface area contributed by atoms with Gasteiger partial charge in [-0.2, -0.15) is 4.31 Å². The Morgan fingerprint density at radius 1 is 1.04 bits per heavy atom. The summed E-state index contributed by atoms with van der Waals surface area (Å²) >= 11 is 0. The van der Waals surface area contributed by atoms with Crippen molar-refractivity contribution in [3.05, 3.63) is 29.8 Å². The minimum Gasteiger partial charge on any atom is -0.342 e. The SMILES string of the molecule is CC(=O)c1ccc(S(=O)(=O)N(C)CC(=O)N(C)C(C)CC(C)C)cc1. The fraction of sp³-hybridized carbons (Fsp3) is 0.556. The summed E-state index contributed by atoms with van der Waals surface area (Å²) in [6, 6.07) is 5.76. The van der Waals surface area contributed by atoms with Crippen LogP contribution in [-0.2, 0) is 14.8 Å². The topological polar surface area (TPSA) is 74.8 Å². The minimum atomic E-state index is -3.78. The van der Waals surface area contributed by atoms with Gasteiger partial charge in [0, 0.05) is 25.7 Å². The van der Waals surface area contributed by atoms with E-state index in [1.807, 2.05) is 6.92 Å². The van der Waals surface area contributed by atoms with E-state index in [0.29, 0.717) is 11.5 Å². The van der Waals surface area contributed by atoms with Crippen LogP contribution in [0, 0.1) is 5.92 Å². The summed E-state index contributed by atoms with van der Waals surface area (Å²) in [6.07, 6.45) is 0.852. The van der Waals surface area contributed by atoms with E-state index >= 15 is 0 Å². The molecule has 6 nitrogen and oxygen atoms in total. The van der Waals surface area contributed by atoms with Gasteiger partial charge in [-0.1, -0.05) is 26.0 Å². The molecule has 140 valence electrons. The molecule has 0 aliphatic heterocycles. The number of sulfonamides is 1. The van der Waals surface area contributed by atoms with Crippen LogP contribution in [0.3, 0.4) is 0 Å². The molecule has 1 rings (SSSR count). The number of carbonyl (C=O) groups excluding carboxylic acids is 2. The third-order valence-corrected chi connectivity index (χ3v) is 6.01. The summed E-state index contributed by atoms with van der Waals surface area (Å²) in [6.45, 7) is 7.30. The summed E-state index contributed by atoms with van der Waals surface area (Å²) in [4.78, 5) is 25.3. The summed E-state index contributed by atoms with van der Waals surface area (Å²) < 4.78 is 26.2. The van der Waals surface area contributed by atoms with Crippen molar-refractivity contribution in [2.75, 3.05) is 20.6 Å². The van der Waals surface area contributed by atoms with E-state index in [0.717, 1.165) is 10.7 Å². The van der Waals surface area contributed by atoms with Crippen molar-refractivity contribution in [1.29, 1.82) is 0 Å². The Bertz CT molecular complexity index is 711. The Kier molecular flexibility index (Phi) is 7.31. The van der Waals surface area contributed by atoms with E-state index in [1.165, 1.54) is 38.2 Å². The summed E-state index contributed by atoms with van der Waals surface area (Å²) in [5.41, 5.74) is 0.444. The van der Waals surface area contributed by atoms with Crippen molar-refractivity contribution in [3.63, 3.8) is 0 Å². The molecule has 0 saturated carbocycles. The van der Waals surface area contributed by atoms with Gasteiger partial charge in [-0.15, -0.1) is 0 Å². The molecule has 0 fully saturated rings. The number of ketones is 1. The Hall–Kier alpha value is -1.73. The van der Waals surface area contributed by atoms with Gasteiger partial charge in [0.05, 0.1) is 11.4 Å². The molecule has 7 heteroatoms. The first-order chi connectivity index (χ1) is 11.5. The van der Waals surface area contributed by atoms with E-state index in [1.54, 1.807) is 11.9 Å². The van der Waals surface area contributed by atoms with Gasteiger partial charge in [-0.3, -0.25) is 9.59 Å². The van der Waals surface area contributed by atoms with Crippen molar-refractivity contribution < 1.29 is 18.0 Å². The number of carbonyl (C=O) groups is 2. The Morgan fingerprint density at radius 2 is 1.56 bits per heavy atom. The van der Waals surface area contributed by atoms with Gasteiger partial charge in [0.1, 0.15) is 0 Å². The molecule has 1 amide bonds. The zero-order valence-corrected chi connectivity index (χ0v) is 16.6. The molecule has 1 atom stereocenters. The molecule has 0 spiro atoms. The quantitative estimate of drug-likeness (QED) is 0.661. The first-order valence-corrected chi connectivity index (χ1v) is 9.73. The van der Waals surface area contributed by atoms with Gasteiger partial charge in [0.2, 0.25) is 15.9 Å². The predicted octanol–water partition coefficient (Wildman–Crippen LogP) is 2.40. The molecule has 25 heavy (non-hydrogen) atoms. The zero-order valence-electron chi connectivity index (χ0n) is 15.8. The van der Waals surface area contributed by atoms with Crippen LogP contribution in [0.5, 0.6) is 0 Å². The highest BCUT2D eigenvalue weighted by molar-refractivity contribution is 7.89. The van der Waals surface area contributed by atoms with Crippen LogP contribution in [0.2, 0.25) is 0 Å². The number of benzene rings is 1. The number of rotatable bonds is 8. The molecule has 0 aliphatic rings. The van der Waals surface area contributed by atoms with Crippen molar-refractivity contribution in [2.24, 2.45) is 5.92 Å². The van der Waals surface area contributed by atoms with Gasteiger partial charge in [0.25, 0.3) is 0 Å². The highest BCUT2D eigenvalue weighted by Crippen LogP contribution is 2.16. The van der Waals surface area contributed by atoms with Crippen LogP contribution < -0.4 is 0 Å². The van der Waals surface area contributed by atoms with E-state index in [9.17, 15) is 18.0 Å². The average molecular weight is 368 g/mol. The second-order valence-electron chi connectivity index (χ2n) is 6.82. The highest BCUT2D eigenvalue weighted by Gasteiger charge is 2.26. The molecular weight excluding hydrogens is 340 g/mol. The normalized spacial score (nSPS) is 13.1. The second-order valence-corrected chi connectivity index (χ2v) is 8.87. The van der Waals surface area contributed by atoms with Crippen LogP contribution in [0.4, 0.5) is 0 Å². The minimum absolute atomic E-state index is 0.0402. The van der Waals surface area contributed by atoms with Crippen molar-refractivity contribution in [2.45, 2.75) is 45.1 Å². The molecule has 0 bridgehead atoms. The highest BCUT2D eigenvalue weighted by atomic mass is 32.2. The molecular formula is C18H28N2O4S. The largest absolute Gasteiger partial charge is 0.342 e. The molecule has 0 aliphatic carbocycles. The number of Topliss-reactive ketones (excluding diaryl/α,β-unsaturated/α-hetero) is 1. The molecule has 1 aromatic rings. The van der Waals surface area contributed by atoms with Gasteiger partial charge >= 0.3 is 0 Å². The summed E-state index contributed by atoms with van der Waals surface area (Å²) in [7, 11) is -0.710. The van der Waals surface area contributed by atoms with E-state index in [-0.39, 0.29) is 29.2 Å². The maximum absolute atomic E-state index is 12.6. The standard InChI is InChI=1S/C18H28N2O4S/c1-13(2)11-14(3)20(6)18(22)12-19(5)25(23,24)17-9-7-16(8-10-17)15(4)21/h7-10,13-14H,11-12H2,1-6H3. The number of amides is 1. The fourth-order valence-corrected chi connectivity index (χ4v) is 3.64. The first-order valence-electron chi connectivity index (χ1n) is 8.29. The van der Waals surface area contributed by atoms with Crippen LogP contribution in [0.1, 0.15) is 44.5 Å². The Balaban J connectivity index is 2.85. The third kappa shape index (κ3) is 5.64. The Morgan fingerprint density at radius 3 is 2.00 bits per heavy atom. The maximum Gasteiger partial charge on any atom is 0.243 e. The maximum atomic E-state index is 12.6. The van der Waals surface area contributed by atoms with Gasteiger partial charge in [-0.25, -0.2) is 8.42 Å². The molecule has 0 saturated heterocycles. The van der Waals surface area contributed by atoms with E-state index in [2.05, 4.69) is 13.8 Å². The third-order valence-electron chi connectivity index (χ3n) is 4.19. The van der Waals surface area contributed by atoms with Crippen LogP contribution in [0.15, 0.2) is 29.2 Å². The number of nitrogens with zero attached hydrogens (tertiary/aromatic N) is 2. The van der Waals surface area contributed by atoms with Gasteiger partial charge in [0.15, 0.2) is 5.78 Å². The van der Waals surface area contributed by atoms with Crippen molar-refractivity contribution in [1.82, 2.24) is 9.21 Å². The molecule has 0 radical (unpaired) electrons. The lowest BCUT2D eigenvalue weighted by Gasteiger charge is -2.28. The molecule has 0 aromatic heterocycles. The van der Waals surface area contributed by atoms with Crippen LogP contribution in [0.25, 0.3) is 0 Å². The lowest BCUT2D eigenvalue weighted by molar-refractivity contribution is -0.131. The average Bonchev–Trinajstić information content (AvgIpc) is 2.53. The number of likely N-dealkylation sites (N-methyl/N-ethyl adjacent to an activating group) is 2. The number of hydrogen-bond acceptors (Lipinski definition) is 4. The Labute approximate surface area is 150 Å². The molecule has 1 aromatic carbocycles. The molecule has 1 unspecified atom stereocenters. The van der Waals surface area contributed by atoms with Crippen molar-refractivity contribution >= 4 is 21.7 Å². The van der Waals surface area contributed by atoms with Crippen LogP contribution >= 0.6 is 0 Å². The first kappa shape index (κ1) is 21.3. The van der Waals surface area contributed by atoms with E-state index in [4.69, 9.17) is 0 Å². The van der Waals surface area contributed by atoms with Crippen molar-refractivity contribution in [3.8, 4) is 0 Å². The van der Waals surface area contributed by atoms with Crippen LogP contribution in [-0.4, -0.2) is 56.0 Å². The summed E-state index contributed by atoms with van der Waals surface area (Å²) in [5.74, 6) is 0.0688. The second kappa shape index (κ2) is 8.58. The molecule has 0 heterocycles. The predicted molar refractivity (Wildman–Crippen MR) is 97.9 cm³/mol. The summed E-state index contributed by atoms with van der Waals surface area (Å²) in [5, 5.41) is 0. The number of hydrogen-bond donors (Lipinski definition) is 0. The van der Waals surface area contributed by atoms with Gasteiger partial charge in [-0.05, 0) is 38.3 Å². The van der Waals surface area contributed by atoms with E-state index < -0.39 is 10.0 Å². The molecule has 0 N–H and O–H groups in total.